The van der Waals surface area contributed by atoms with Gasteiger partial charge in [0.1, 0.15) is 0 Å². The summed E-state index contributed by atoms with van der Waals surface area (Å²) in [5.41, 5.74) is -0.0616. The van der Waals surface area contributed by atoms with Crippen LogP contribution in [-0.4, -0.2) is 22.6 Å². The van der Waals surface area contributed by atoms with E-state index in [0.29, 0.717) is 12.8 Å². The molecule has 5 nitrogen and oxygen atoms in total. The molecule has 0 bridgehead atoms. The van der Waals surface area contributed by atoms with E-state index in [0.717, 1.165) is 12.1 Å². The van der Waals surface area contributed by atoms with Crippen LogP contribution in [-0.2, 0) is 19.1 Å². The number of unbranched alkanes of at least 4 members (excludes halogenated alkanes) is 1. The minimum atomic E-state index is -4.00. The van der Waals surface area contributed by atoms with E-state index in [2.05, 4.69) is 4.72 Å². The molecule has 0 aliphatic rings. The van der Waals surface area contributed by atoms with Crippen molar-refractivity contribution in [3.63, 3.8) is 0 Å². The van der Waals surface area contributed by atoms with E-state index in [1.165, 1.54) is 0 Å². The Bertz CT molecular complexity index is 678. The van der Waals surface area contributed by atoms with E-state index in [-0.39, 0.29) is 26.4 Å². The zero-order valence-electron chi connectivity index (χ0n) is 10.4. The molecule has 0 heterocycles. The van der Waals surface area contributed by atoms with E-state index in [9.17, 15) is 16.8 Å². The molecule has 0 amide bonds. The number of halogens is 3. The maximum atomic E-state index is 11.8. The second kappa shape index (κ2) is 6.70. The van der Waals surface area contributed by atoms with Crippen LogP contribution in [0.4, 0.5) is 5.69 Å². The summed E-state index contributed by atoms with van der Waals surface area (Å²) in [4.78, 5) is -0.300. The Morgan fingerprint density at radius 3 is 2.00 bits per heavy atom. The second-order valence-electron chi connectivity index (χ2n) is 3.97. The largest absolute Gasteiger partial charge is 0.281 e. The molecule has 0 spiro atoms. The molecule has 0 saturated carbocycles. The smallest absolute Gasteiger partial charge is 0.261 e. The summed E-state index contributed by atoms with van der Waals surface area (Å²) in [6, 6.07) is 2.07. The Hall–Kier alpha value is -0.210. The minimum absolute atomic E-state index is 0.0616. The van der Waals surface area contributed by atoms with Crippen molar-refractivity contribution in [2.45, 2.75) is 24.7 Å². The van der Waals surface area contributed by atoms with Crippen LogP contribution >= 0.6 is 33.9 Å². The number of hydrogen-bond acceptors (Lipinski definition) is 4. The van der Waals surface area contributed by atoms with Gasteiger partial charge in [-0.05, 0) is 18.6 Å². The highest BCUT2D eigenvalue weighted by Crippen LogP contribution is 2.35. The first-order valence-corrected chi connectivity index (χ1v) is 10.2. The molecule has 0 radical (unpaired) electrons. The monoisotopic (exact) mass is 379 g/mol. The predicted molar refractivity (Wildman–Crippen MR) is 81.8 cm³/mol. The lowest BCUT2D eigenvalue weighted by atomic mass is 10.3. The van der Waals surface area contributed by atoms with E-state index >= 15 is 0 Å². The number of nitrogens with one attached hydrogen (secondary N) is 1. The highest BCUT2D eigenvalue weighted by Gasteiger charge is 2.19. The lowest BCUT2D eigenvalue weighted by molar-refractivity contribution is 0.597. The Morgan fingerprint density at radius 1 is 1.10 bits per heavy atom. The normalized spacial score (nSPS) is 12.4. The summed E-state index contributed by atoms with van der Waals surface area (Å²) < 4.78 is 48.2. The van der Waals surface area contributed by atoms with Crippen molar-refractivity contribution in [2.24, 2.45) is 0 Å². The summed E-state index contributed by atoms with van der Waals surface area (Å²) in [7, 11) is -2.42. The molecule has 0 saturated heterocycles. The SMILES string of the molecule is CCCCS(=O)(=O)Nc1c(Cl)cc(S(=O)(=O)Cl)cc1Cl. The zero-order chi connectivity index (χ0) is 15.6. The Kier molecular flexibility index (Phi) is 5.98. The fraction of sp³-hybridized carbons (Fsp3) is 0.400. The molecule has 0 fully saturated rings. The Morgan fingerprint density at radius 2 is 1.60 bits per heavy atom. The zero-order valence-corrected chi connectivity index (χ0v) is 14.3. The summed E-state index contributed by atoms with van der Waals surface area (Å²) in [6.45, 7) is 1.86. The van der Waals surface area contributed by atoms with Gasteiger partial charge in [-0.25, -0.2) is 16.8 Å². The summed E-state index contributed by atoms with van der Waals surface area (Å²) >= 11 is 11.7. The summed E-state index contributed by atoms with van der Waals surface area (Å²) in [5.74, 6) is -0.0777. The fourth-order valence-corrected chi connectivity index (χ4v) is 4.24. The summed E-state index contributed by atoms with van der Waals surface area (Å²) in [5, 5.41) is -0.284. The van der Waals surface area contributed by atoms with Gasteiger partial charge in [-0.2, -0.15) is 0 Å². The topological polar surface area (TPSA) is 80.3 Å². The average Bonchev–Trinajstić information content (AvgIpc) is 2.30. The quantitative estimate of drug-likeness (QED) is 0.766. The molecule has 10 heteroatoms. The van der Waals surface area contributed by atoms with Crippen molar-refractivity contribution in [1.82, 2.24) is 0 Å². The first-order valence-electron chi connectivity index (χ1n) is 5.51. The maximum absolute atomic E-state index is 11.8. The molecule has 1 aromatic carbocycles. The van der Waals surface area contributed by atoms with E-state index in [1.54, 1.807) is 0 Å². The highest BCUT2D eigenvalue weighted by atomic mass is 35.7. The van der Waals surface area contributed by atoms with Crippen molar-refractivity contribution in [2.75, 3.05) is 10.5 Å². The van der Waals surface area contributed by atoms with Crippen LogP contribution in [0.25, 0.3) is 0 Å². The van der Waals surface area contributed by atoms with Gasteiger partial charge in [-0.15, -0.1) is 0 Å². The maximum Gasteiger partial charge on any atom is 0.261 e. The van der Waals surface area contributed by atoms with Gasteiger partial charge in [-0.1, -0.05) is 36.5 Å². The molecular weight excluding hydrogens is 369 g/mol. The predicted octanol–water partition coefficient (Wildman–Crippen LogP) is 3.46. The van der Waals surface area contributed by atoms with Crippen molar-refractivity contribution < 1.29 is 16.8 Å². The number of sulfonamides is 1. The van der Waals surface area contributed by atoms with Crippen LogP contribution in [0.2, 0.25) is 10.0 Å². The first kappa shape index (κ1) is 17.8. The molecular formula is C10H12Cl3NO4S2. The van der Waals surface area contributed by atoms with Gasteiger partial charge >= 0.3 is 0 Å². The molecule has 0 aromatic heterocycles. The fourth-order valence-electron chi connectivity index (χ4n) is 1.33. The molecule has 0 aliphatic heterocycles. The van der Waals surface area contributed by atoms with Crippen LogP contribution in [0.15, 0.2) is 17.0 Å². The first-order chi connectivity index (χ1) is 9.07. The molecule has 114 valence electrons. The van der Waals surface area contributed by atoms with Gasteiger partial charge in [-0.3, -0.25) is 4.72 Å². The van der Waals surface area contributed by atoms with E-state index in [1.807, 2.05) is 6.92 Å². The van der Waals surface area contributed by atoms with Gasteiger partial charge in [0.2, 0.25) is 10.0 Å². The Labute approximate surface area is 132 Å². The number of rotatable bonds is 6. The number of benzene rings is 1. The molecule has 1 N–H and O–H groups in total. The molecule has 0 atom stereocenters. The van der Waals surface area contributed by atoms with Gasteiger partial charge < -0.3 is 0 Å². The molecule has 1 aromatic rings. The van der Waals surface area contributed by atoms with Crippen LogP contribution in [0.3, 0.4) is 0 Å². The van der Waals surface area contributed by atoms with Gasteiger partial charge in [0.25, 0.3) is 9.05 Å². The molecule has 20 heavy (non-hydrogen) atoms. The van der Waals surface area contributed by atoms with Crippen molar-refractivity contribution in [3.05, 3.63) is 22.2 Å². The van der Waals surface area contributed by atoms with E-state index < -0.39 is 19.1 Å². The number of hydrogen-bond donors (Lipinski definition) is 1. The average molecular weight is 381 g/mol. The summed E-state index contributed by atoms with van der Waals surface area (Å²) in [6.07, 6.45) is 1.20. The third-order valence-corrected chi connectivity index (χ3v) is 5.59. The third kappa shape index (κ3) is 4.96. The molecule has 1 rings (SSSR count). The van der Waals surface area contributed by atoms with Gasteiger partial charge in [0.05, 0.1) is 26.4 Å². The third-order valence-electron chi connectivity index (χ3n) is 2.32. The Balaban J connectivity index is 3.16. The van der Waals surface area contributed by atoms with Crippen molar-refractivity contribution in [3.8, 4) is 0 Å². The second-order valence-corrected chi connectivity index (χ2v) is 9.20. The standard InChI is InChI=1S/C10H12Cl3NO4S2/c1-2-3-4-19(15,16)14-10-8(11)5-7(6-9(10)12)20(13,17)18/h5-6,14H,2-4H2,1H3. The lowest BCUT2D eigenvalue weighted by Crippen LogP contribution is -2.17. The number of anilines is 1. The van der Waals surface area contributed by atoms with Crippen LogP contribution < -0.4 is 4.72 Å². The van der Waals surface area contributed by atoms with Crippen molar-refractivity contribution in [1.29, 1.82) is 0 Å². The molecule has 0 unspecified atom stereocenters. The van der Waals surface area contributed by atoms with Crippen LogP contribution in [0.5, 0.6) is 0 Å². The van der Waals surface area contributed by atoms with E-state index in [4.69, 9.17) is 33.9 Å². The minimum Gasteiger partial charge on any atom is -0.281 e. The van der Waals surface area contributed by atoms with Crippen LogP contribution in [0, 0.1) is 0 Å². The lowest BCUT2D eigenvalue weighted by Gasteiger charge is -2.12. The van der Waals surface area contributed by atoms with Gasteiger partial charge in [0.15, 0.2) is 0 Å². The molecule has 0 aliphatic carbocycles. The van der Waals surface area contributed by atoms with Crippen molar-refractivity contribution >= 4 is 58.6 Å². The van der Waals surface area contributed by atoms with Crippen LogP contribution in [0.1, 0.15) is 19.8 Å². The highest BCUT2D eigenvalue weighted by molar-refractivity contribution is 8.13. The van der Waals surface area contributed by atoms with Gasteiger partial charge in [0, 0.05) is 10.7 Å².